The summed E-state index contributed by atoms with van der Waals surface area (Å²) in [4.78, 5) is 23.5. The third-order valence-electron chi connectivity index (χ3n) is 7.73. The van der Waals surface area contributed by atoms with Crippen molar-refractivity contribution in [1.82, 2.24) is 0 Å². The number of carbonyl (C=O) groups is 2. The minimum atomic E-state index is -0.172. The van der Waals surface area contributed by atoms with Crippen molar-refractivity contribution in [3.63, 3.8) is 0 Å². The predicted molar refractivity (Wildman–Crippen MR) is 101 cm³/mol. The molecule has 4 aliphatic rings. The standard InChI is InChI=1S/C23H30O3/c1-14(24)19-7-8-20-18-6-5-16-13-17(26-15(2)25)9-11-22(16,3)21(18)10-12-23(19,20)4/h5,7,10,17-18,20H,6,8-9,11-13H2,1-4H3/t17-,18?,20?,22-,23+/m0/s1. The van der Waals surface area contributed by atoms with Crippen LogP contribution in [0.3, 0.4) is 0 Å². The topological polar surface area (TPSA) is 43.4 Å². The molecule has 0 heterocycles. The van der Waals surface area contributed by atoms with Gasteiger partial charge in [0, 0.05) is 24.2 Å². The monoisotopic (exact) mass is 354 g/mol. The van der Waals surface area contributed by atoms with Crippen molar-refractivity contribution < 1.29 is 14.3 Å². The smallest absolute Gasteiger partial charge is 0.302 e. The molecule has 0 aromatic rings. The second-order valence-corrected chi connectivity index (χ2v) is 9.18. The molecule has 3 nitrogen and oxygen atoms in total. The zero-order valence-corrected chi connectivity index (χ0v) is 16.4. The largest absolute Gasteiger partial charge is 0.462 e. The van der Waals surface area contributed by atoms with Gasteiger partial charge < -0.3 is 4.74 Å². The van der Waals surface area contributed by atoms with Gasteiger partial charge in [0.15, 0.2) is 5.78 Å². The Balaban J connectivity index is 1.63. The fourth-order valence-electron chi connectivity index (χ4n) is 6.39. The van der Waals surface area contributed by atoms with Crippen LogP contribution in [0.5, 0.6) is 0 Å². The van der Waals surface area contributed by atoms with Gasteiger partial charge in [0.1, 0.15) is 6.10 Å². The van der Waals surface area contributed by atoms with E-state index in [1.807, 2.05) is 0 Å². The van der Waals surface area contributed by atoms with Gasteiger partial charge in [0.05, 0.1) is 0 Å². The van der Waals surface area contributed by atoms with Gasteiger partial charge >= 0.3 is 5.97 Å². The summed E-state index contributed by atoms with van der Waals surface area (Å²) in [6, 6.07) is 0. The lowest BCUT2D eigenvalue weighted by molar-refractivity contribution is -0.147. The molecule has 0 bridgehead atoms. The van der Waals surface area contributed by atoms with Crippen LogP contribution in [-0.4, -0.2) is 17.9 Å². The number of ether oxygens (including phenoxy) is 1. The normalized spacial score (nSPS) is 41.1. The number of Topliss-reactive ketones (excluding diaryl/α,β-unsaturated/α-hetero) is 1. The Morgan fingerprint density at radius 1 is 1.12 bits per heavy atom. The van der Waals surface area contributed by atoms with Crippen molar-refractivity contribution in [2.45, 2.75) is 72.3 Å². The first-order valence-corrected chi connectivity index (χ1v) is 10.0. The van der Waals surface area contributed by atoms with Crippen molar-refractivity contribution in [1.29, 1.82) is 0 Å². The van der Waals surface area contributed by atoms with Crippen LogP contribution in [0.25, 0.3) is 0 Å². The van der Waals surface area contributed by atoms with Gasteiger partial charge in [-0.3, -0.25) is 9.59 Å². The molecule has 0 aliphatic heterocycles. The summed E-state index contributed by atoms with van der Waals surface area (Å²) in [5, 5.41) is 0. The maximum atomic E-state index is 12.1. The van der Waals surface area contributed by atoms with Crippen LogP contribution in [0.1, 0.15) is 66.2 Å². The van der Waals surface area contributed by atoms with E-state index in [9.17, 15) is 9.59 Å². The third-order valence-corrected chi connectivity index (χ3v) is 7.73. The highest BCUT2D eigenvalue weighted by Gasteiger charge is 2.54. The summed E-state index contributed by atoms with van der Waals surface area (Å²) in [5.74, 6) is 1.16. The van der Waals surface area contributed by atoms with Gasteiger partial charge in [-0.05, 0) is 56.4 Å². The highest BCUT2D eigenvalue weighted by atomic mass is 16.5. The van der Waals surface area contributed by atoms with Gasteiger partial charge in [0.2, 0.25) is 0 Å². The number of ketones is 1. The zero-order chi connectivity index (χ0) is 18.7. The summed E-state index contributed by atoms with van der Waals surface area (Å²) in [6.45, 7) is 7.90. The molecule has 1 fully saturated rings. The van der Waals surface area contributed by atoms with E-state index < -0.39 is 0 Å². The van der Waals surface area contributed by atoms with Crippen LogP contribution < -0.4 is 0 Å². The molecular formula is C23H30O3. The molecule has 0 saturated heterocycles. The molecule has 26 heavy (non-hydrogen) atoms. The van der Waals surface area contributed by atoms with E-state index in [0.717, 1.165) is 44.1 Å². The van der Waals surface area contributed by atoms with Crippen molar-refractivity contribution in [2.24, 2.45) is 22.7 Å². The molecule has 4 aliphatic carbocycles. The molecule has 0 spiro atoms. The molecule has 0 aromatic heterocycles. The van der Waals surface area contributed by atoms with Crippen molar-refractivity contribution in [3.8, 4) is 0 Å². The van der Waals surface area contributed by atoms with Gasteiger partial charge in [-0.2, -0.15) is 0 Å². The molecule has 0 amide bonds. The molecule has 0 N–H and O–H groups in total. The summed E-state index contributed by atoms with van der Waals surface area (Å²) in [5.41, 5.74) is 4.23. The molecule has 0 radical (unpaired) electrons. The summed E-state index contributed by atoms with van der Waals surface area (Å²) < 4.78 is 5.50. The quantitative estimate of drug-likeness (QED) is 0.522. The molecule has 5 atom stereocenters. The van der Waals surface area contributed by atoms with Crippen LogP contribution in [0.15, 0.2) is 34.9 Å². The van der Waals surface area contributed by atoms with Gasteiger partial charge in [-0.25, -0.2) is 0 Å². The number of carbonyl (C=O) groups excluding carboxylic acids is 2. The Labute approximate surface area is 156 Å². The number of hydrogen-bond acceptors (Lipinski definition) is 3. The van der Waals surface area contributed by atoms with Gasteiger partial charge in [0.25, 0.3) is 0 Å². The Morgan fingerprint density at radius 3 is 2.58 bits per heavy atom. The zero-order valence-electron chi connectivity index (χ0n) is 16.4. The van der Waals surface area contributed by atoms with Crippen molar-refractivity contribution in [3.05, 3.63) is 34.9 Å². The summed E-state index contributed by atoms with van der Waals surface area (Å²) >= 11 is 0. The Morgan fingerprint density at radius 2 is 1.88 bits per heavy atom. The number of hydrogen-bond donors (Lipinski definition) is 0. The van der Waals surface area contributed by atoms with Crippen molar-refractivity contribution in [2.75, 3.05) is 0 Å². The molecule has 4 rings (SSSR count). The van der Waals surface area contributed by atoms with Crippen LogP contribution in [0.4, 0.5) is 0 Å². The van der Waals surface area contributed by atoms with Gasteiger partial charge in [-0.15, -0.1) is 0 Å². The first-order chi connectivity index (χ1) is 12.3. The maximum Gasteiger partial charge on any atom is 0.302 e. The molecule has 0 aromatic carbocycles. The van der Waals surface area contributed by atoms with Crippen LogP contribution in [0, 0.1) is 22.7 Å². The Bertz CT molecular complexity index is 755. The van der Waals surface area contributed by atoms with E-state index in [1.54, 1.807) is 12.5 Å². The predicted octanol–water partition coefficient (Wildman–Crippen LogP) is 4.93. The second-order valence-electron chi connectivity index (χ2n) is 9.18. The van der Waals surface area contributed by atoms with Gasteiger partial charge in [-0.1, -0.05) is 43.2 Å². The lowest BCUT2D eigenvalue weighted by Crippen LogP contribution is -2.44. The summed E-state index contributed by atoms with van der Waals surface area (Å²) in [6.07, 6.45) is 13.1. The average Bonchev–Trinajstić information content (AvgIpc) is 2.92. The van der Waals surface area contributed by atoms with Crippen LogP contribution in [-0.2, 0) is 14.3 Å². The molecular weight excluding hydrogens is 324 g/mol. The van der Waals surface area contributed by atoms with E-state index in [0.29, 0.717) is 11.8 Å². The SMILES string of the molecule is CC(=O)O[C@H]1CC[C@@]2(C)C(=CCC3C2=CC[C@]2(C)C(C(C)=O)=CCC32)C1. The number of fused-ring (bicyclic) bond motifs is 5. The number of allylic oxidation sites excluding steroid dienone is 5. The lowest BCUT2D eigenvalue weighted by atomic mass is 9.51. The van der Waals surface area contributed by atoms with Crippen molar-refractivity contribution >= 4 is 11.8 Å². The molecule has 3 heteroatoms. The van der Waals surface area contributed by atoms with E-state index in [2.05, 4.69) is 32.1 Å². The second kappa shape index (κ2) is 5.94. The maximum absolute atomic E-state index is 12.1. The lowest BCUT2D eigenvalue weighted by Gasteiger charge is -2.53. The first-order valence-electron chi connectivity index (χ1n) is 10.0. The molecule has 140 valence electrons. The number of rotatable bonds is 2. The van der Waals surface area contributed by atoms with E-state index in [4.69, 9.17) is 4.74 Å². The molecule has 1 saturated carbocycles. The minimum Gasteiger partial charge on any atom is -0.462 e. The number of esters is 1. The Kier molecular flexibility index (Phi) is 4.05. The average molecular weight is 354 g/mol. The summed E-state index contributed by atoms with van der Waals surface area (Å²) in [7, 11) is 0. The fraction of sp³-hybridized carbons (Fsp3) is 0.652. The first kappa shape index (κ1) is 17.8. The van der Waals surface area contributed by atoms with E-state index in [1.165, 1.54) is 12.5 Å². The highest BCUT2D eigenvalue weighted by molar-refractivity contribution is 5.95. The van der Waals surface area contributed by atoms with Crippen LogP contribution in [0.2, 0.25) is 0 Å². The minimum absolute atomic E-state index is 0.0106. The highest BCUT2D eigenvalue weighted by Crippen LogP contribution is 2.62. The molecule has 2 unspecified atom stereocenters. The van der Waals surface area contributed by atoms with E-state index in [-0.39, 0.29) is 28.7 Å². The van der Waals surface area contributed by atoms with E-state index >= 15 is 0 Å². The third kappa shape index (κ3) is 2.46. The Hall–Kier alpha value is -1.64. The fourth-order valence-corrected chi connectivity index (χ4v) is 6.39. The van der Waals surface area contributed by atoms with Crippen LogP contribution >= 0.6 is 0 Å².